The third-order valence-corrected chi connectivity index (χ3v) is 4.92. The Hall–Kier alpha value is -3.92. The number of nitrogens with zero attached hydrogens (tertiary/aromatic N) is 2. The number of benzene rings is 2. The number of nitrogens with two attached hydrogens (primary N) is 1. The molecule has 2 aromatic carbocycles. The van der Waals surface area contributed by atoms with Crippen LogP contribution in [0, 0.1) is 11.3 Å². The Bertz CT molecular complexity index is 1110. The molecular formula is C23H22N4O3. The van der Waals surface area contributed by atoms with E-state index in [1.54, 1.807) is 0 Å². The topological polar surface area (TPSA) is 106 Å². The van der Waals surface area contributed by atoms with Crippen molar-refractivity contribution < 1.29 is 14.2 Å². The van der Waals surface area contributed by atoms with E-state index in [4.69, 9.17) is 19.9 Å². The van der Waals surface area contributed by atoms with Crippen molar-refractivity contribution in [1.82, 2.24) is 10.2 Å². The molecule has 3 aromatic rings. The summed E-state index contributed by atoms with van der Waals surface area (Å²) >= 11 is 0. The molecule has 1 unspecified atom stereocenters. The molecule has 7 nitrogen and oxygen atoms in total. The highest BCUT2D eigenvalue weighted by Crippen LogP contribution is 2.45. The van der Waals surface area contributed by atoms with E-state index in [0.29, 0.717) is 24.7 Å². The Morgan fingerprint density at radius 1 is 1.03 bits per heavy atom. The fourth-order valence-corrected chi connectivity index (χ4v) is 3.61. The molecule has 152 valence electrons. The third kappa shape index (κ3) is 3.44. The molecule has 1 aromatic heterocycles. The minimum atomic E-state index is -0.408. The Kier molecular flexibility index (Phi) is 5.31. The van der Waals surface area contributed by atoms with Crippen LogP contribution in [-0.4, -0.2) is 23.4 Å². The lowest BCUT2D eigenvalue weighted by atomic mass is 9.83. The average Bonchev–Trinajstić information content (AvgIpc) is 3.18. The van der Waals surface area contributed by atoms with Gasteiger partial charge in [0.05, 0.1) is 30.4 Å². The van der Waals surface area contributed by atoms with Gasteiger partial charge in [-0.05, 0) is 55.8 Å². The number of H-pyrrole nitrogens is 1. The monoisotopic (exact) mass is 402 g/mol. The summed E-state index contributed by atoms with van der Waals surface area (Å²) in [5.41, 5.74) is 9.75. The van der Waals surface area contributed by atoms with Crippen LogP contribution in [0.4, 0.5) is 0 Å². The largest absolute Gasteiger partial charge is 0.494 e. The first-order chi connectivity index (χ1) is 14.7. The molecule has 0 bridgehead atoms. The van der Waals surface area contributed by atoms with Crippen LogP contribution >= 0.6 is 0 Å². The van der Waals surface area contributed by atoms with Crippen molar-refractivity contribution in [1.29, 1.82) is 5.26 Å². The van der Waals surface area contributed by atoms with Gasteiger partial charge in [-0.15, -0.1) is 5.10 Å². The van der Waals surface area contributed by atoms with Crippen LogP contribution in [0.5, 0.6) is 17.4 Å². The number of allylic oxidation sites excluding steroid dienone is 1. The van der Waals surface area contributed by atoms with E-state index < -0.39 is 5.92 Å². The fourth-order valence-electron chi connectivity index (χ4n) is 3.61. The zero-order chi connectivity index (χ0) is 21.1. The number of nitriles is 1. The van der Waals surface area contributed by atoms with Crippen LogP contribution in [0.2, 0.25) is 0 Å². The van der Waals surface area contributed by atoms with E-state index in [-0.39, 0.29) is 5.88 Å². The lowest BCUT2D eigenvalue weighted by Crippen LogP contribution is -2.21. The van der Waals surface area contributed by atoms with Crippen LogP contribution in [0.25, 0.3) is 11.3 Å². The molecule has 0 aliphatic carbocycles. The first-order valence-electron chi connectivity index (χ1n) is 9.78. The Morgan fingerprint density at radius 2 is 1.63 bits per heavy atom. The molecule has 1 aliphatic rings. The molecular weight excluding hydrogens is 380 g/mol. The Labute approximate surface area is 174 Å². The highest BCUT2D eigenvalue weighted by Gasteiger charge is 2.35. The lowest BCUT2D eigenvalue weighted by molar-refractivity contribution is 0.340. The molecule has 0 amide bonds. The second-order valence-electron chi connectivity index (χ2n) is 6.70. The molecule has 3 N–H and O–H groups in total. The maximum Gasteiger partial charge on any atom is 0.244 e. The summed E-state index contributed by atoms with van der Waals surface area (Å²) in [6, 6.07) is 17.5. The molecule has 2 heterocycles. The molecule has 0 spiro atoms. The highest BCUT2D eigenvalue weighted by molar-refractivity contribution is 5.71. The van der Waals surface area contributed by atoms with Crippen molar-refractivity contribution >= 4 is 0 Å². The molecule has 0 radical (unpaired) electrons. The second kappa shape index (κ2) is 8.21. The summed E-state index contributed by atoms with van der Waals surface area (Å²) in [7, 11) is 0. The van der Waals surface area contributed by atoms with Crippen LogP contribution in [-0.2, 0) is 0 Å². The average molecular weight is 402 g/mol. The van der Waals surface area contributed by atoms with Gasteiger partial charge in [0.15, 0.2) is 0 Å². The predicted octanol–water partition coefficient (Wildman–Crippen LogP) is 4.09. The first-order valence-corrected chi connectivity index (χ1v) is 9.78. The Balaban J connectivity index is 1.81. The zero-order valence-corrected chi connectivity index (χ0v) is 16.8. The maximum absolute atomic E-state index is 9.81. The smallest absolute Gasteiger partial charge is 0.244 e. The molecule has 1 atom stereocenters. The number of rotatable bonds is 6. The summed E-state index contributed by atoms with van der Waals surface area (Å²) in [6.07, 6.45) is 0. The molecule has 0 saturated heterocycles. The van der Waals surface area contributed by atoms with Gasteiger partial charge in [0.2, 0.25) is 11.8 Å². The minimum absolute atomic E-state index is 0.0635. The van der Waals surface area contributed by atoms with Gasteiger partial charge in [-0.25, -0.2) is 0 Å². The van der Waals surface area contributed by atoms with Gasteiger partial charge in [0.1, 0.15) is 23.1 Å². The van der Waals surface area contributed by atoms with E-state index in [0.717, 1.165) is 33.9 Å². The first kappa shape index (κ1) is 19.4. The van der Waals surface area contributed by atoms with E-state index in [1.165, 1.54) is 0 Å². The number of fused-ring (bicyclic) bond motifs is 1. The molecule has 0 saturated carbocycles. The number of hydrogen-bond acceptors (Lipinski definition) is 6. The third-order valence-electron chi connectivity index (χ3n) is 4.92. The van der Waals surface area contributed by atoms with Crippen molar-refractivity contribution in [2.45, 2.75) is 19.8 Å². The number of aromatic nitrogens is 2. The van der Waals surface area contributed by atoms with Crippen molar-refractivity contribution in [3.05, 3.63) is 71.1 Å². The summed E-state index contributed by atoms with van der Waals surface area (Å²) in [6.45, 7) is 5.06. The van der Waals surface area contributed by atoms with Crippen molar-refractivity contribution in [2.75, 3.05) is 13.2 Å². The van der Waals surface area contributed by atoms with Crippen LogP contribution in [0.3, 0.4) is 0 Å². The summed E-state index contributed by atoms with van der Waals surface area (Å²) in [5, 5.41) is 17.2. The van der Waals surface area contributed by atoms with Gasteiger partial charge in [0.25, 0.3) is 0 Å². The van der Waals surface area contributed by atoms with E-state index in [2.05, 4.69) is 16.3 Å². The minimum Gasteiger partial charge on any atom is -0.494 e. The van der Waals surface area contributed by atoms with Gasteiger partial charge in [-0.1, -0.05) is 12.1 Å². The van der Waals surface area contributed by atoms with E-state index >= 15 is 0 Å². The normalized spacial score (nSPS) is 15.2. The van der Waals surface area contributed by atoms with Gasteiger partial charge in [-0.2, -0.15) is 5.26 Å². The molecule has 1 aliphatic heterocycles. The highest BCUT2D eigenvalue weighted by atomic mass is 16.5. The number of ether oxygens (including phenoxy) is 3. The van der Waals surface area contributed by atoms with Gasteiger partial charge in [0, 0.05) is 5.56 Å². The van der Waals surface area contributed by atoms with Crippen LogP contribution in [0.15, 0.2) is 60.0 Å². The van der Waals surface area contributed by atoms with Crippen molar-refractivity contribution in [3.8, 4) is 34.7 Å². The molecule has 30 heavy (non-hydrogen) atoms. The number of hydrogen-bond donors (Lipinski definition) is 2. The summed E-state index contributed by atoms with van der Waals surface area (Å²) in [5.74, 6) is 1.58. The number of aromatic amines is 1. The SMILES string of the molecule is CCOc1ccc(-c2[nH]nc3c2C(c2ccc(OCC)cc2)C(C#N)=C(N)O3)cc1. The van der Waals surface area contributed by atoms with E-state index in [9.17, 15) is 5.26 Å². The molecule has 0 fully saturated rings. The van der Waals surface area contributed by atoms with Crippen LogP contribution in [0.1, 0.15) is 30.9 Å². The van der Waals surface area contributed by atoms with E-state index in [1.807, 2.05) is 62.4 Å². The van der Waals surface area contributed by atoms with Gasteiger partial charge < -0.3 is 19.9 Å². The number of nitrogens with one attached hydrogen (secondary N) is 1. The summed E-state index contributed by atoms with van der Waals surface area (Å²) in [4.78, 5) is 0. The fraction of sp³-hybridized carbons (Fsp3) is 0.217. The van der Waals surface area contributed by atoms with Gasteiger partial charge in [-0.3, -0.25) is 5.10 Å². The van der Waals surface area contributed by atoms with Crippen molar-refractivity contribution in [3.63, 3.8) is 0 Å². The predicted molar refractivity (Wildman–Crippen MR) is 112 cm³/mol. The van der Waals surface area contributed by atoms with Gasteiger partial charge >= 0.3 is 0 Å². The van der Waals surface area contributed by atoms with Crippen LogP contribution < -0.4 is 19.9 Å². The lowest BCUT2D eigenvalue weighted by Gasteiger charge is -2.24. The second-order valence-corrected chi connectivity index (χ2v) is 6.70. The molecule has 7 heteroatoms. The Morgan fingerprint density at radius 3 is 2.20 bits per heavy atom. The molecule has 4 rings (SSSR count). The quantitative estimate of drug-likeness (QED) is 0.643. The maximum atomic E-state index is 9.81. The zero-order valence-electron chi connectivity index (χ0n) is 16.8. The van der Waals surface area contributed by atoms with Crippen molar-refractivity contribution in [2.24, 2.45) is 5.73 Å². The summed E-state index contributed by atoms with van der Waals surface area (Å²) < 4.78 is 16.7. The standard InChI is InChI=1S/C23H22N4O3/c1-3-28-16-9-5-14(6-10-16)19-18(13-24)22(25)30-23-20(19)21(26-27-23)15-7-11-17(12-8-15)29-4-2/h5-12,19H,3-4,25H2,1-2H3,(H,26,27).